The van der Waals surface area contributed by atoms with Crippen LogP contribution in [-0.4, -0.2) is 23.9 Å². The smallest absolute Gasteiger partial charge is 0.289 e. The minimum Gasteiger partial charge on any atom is -0.450 e. The van der Waals surface area contributed by atoms with Crippen molar-refractivity contribution >= 4 is 27.6 Å². The van der Waals surface area contributed by atoms with E-state index in [-0.39, 0.29) is 5.91 Å². The van der Waals surface area contributed by atoms with Gasteiger partial charge in [0.15, 0.2) is 5.76 Å². The Balaban J connectivity index is 1.82. The van der Waals surface area contributed by atoms with Crippen LogP contribution < -0.4 is 0 Å². The minimum absolute atomic E-state index is 0.0460. The number of aryl methyl sites for hydroxylation is 1. The number of amides is 1. The van der Waals surface area contributed by atoms with Gasteiger partial charge in [0.1, 0.15) is 5.58 Å². The van der Waals surface area contributed by atoms with Crippen LogP contribution in [0.25, 0.3) is 21.7 Å². The first-order valence-corrected chi connectivity index (χ1v) is 8.46. The summed E-state index contributed by atoms with van der Waals surface area (Å²) in [6.07, 6.45) is 4.61. The van der Waals surface area contributed by atoms with Crippen molar-refractivity contribution in [2.24, 2.45) is 0 Å². The Bertz CT molecular complexity index is 870. The fourth-order valence-corrected chi connectivity index (χ4v) is 3.57. The third-order valence-electron chi connectivity index (χ3n) is 4.92. The molecule has 2 heterocycles. The first-order chi connectivity index (χ1) is 11.3. The lowest BCUT2D eigenvalue weighted by Crippen LogP contribution is -2.31. The summed E-state index contributed by atoms with van der Waals surface area (Å²) in [5.41, 5.74) is 1.79. The number of hydrogen-bond acceptors (Lipinski definition) is 2. The first-order valence-electron chi connectivity index (χ1n) is 8.46. The fraction of sp³-hybridized carbons (Fsp3) is 0.350. The van der Waals surface area contributed by atoms with Crippen molar-refractivity contribution in [1.29, 1.82) is 0 Å². The summed E-state index contributed by atoms with van der Waals surface area (Å²) in [4.78, 5) is 14.9. The summed E-state index contributed by atoms with van der Waals surface area (Å²) in [7, 11) is 0. The molecule has 0 spiro atoms. The molecule has 23 heavy (non-hydrogen) atoms. The quantitative estimate of drug-likeness (QED) is 0.640. The van der Waals surface area contributed by atoms with E-state index in [1.165, 1.54) is 12.8 Å². The monoisotopic (exact) mass is 307 g/mol. The number of fused-ring (bicyclic) bond motifs is 3. The zero-order valence-corrected chi connectivity index (χ0v) is 13.5. The molecule has 0 aliphatic carbocycles. The zero-order valence-electron chi connectivity index (χ0n) is 13.5. The SMILES string of the molecule is Cc1c(C(=O)N2CCCCCC2)oc2c1ccc1ccccc12. The van der Waals surface area contributed by atoms with Crippen LogP contribution in [-0.2, 0) is 0 Å². The van der Waals surface area contributed by atoms with Gasteiger partial charge >= 0.3 is 0 Å². The van der Waals surface area contributed by atoms with Gasteiger partial charge in [0, 0.05) is 29.4 Å². The second-order valence-corrected chi connectivity index (χ2v) is 6.43. The molecule has 3 aromatic rings. The fourth-order valence-electron chi connectivity index (χ4n) is 3.57. The molecular weight excluding hydrogens is 286 g/mol. The standard InChI is InChI=1S/C20H21NO2/c1-14-16-11-10-15-8-4-5-9-17(15)19(16)23-18(14)20(22)21-12-6-2-3-7-13-21/h4-5,8-11H,2-3,6-7,12-13H2,1H3. The van der Waals surface area contributed by atoms with Gasteiger partial charge in [-0.05, 0) is 25.2 Å². The van der Waals surface area contributed by atoms with Gasteiger partial charge in [0.25, 0.3) is 5.91 Å². The highest BCUT2D eigenvalue weighted by Gasteiger charge is 2.24. The van der Waals surface area contributed by atoms with Gasteiger partial charge in [-0.25, -0.2) is 0 Å². The van der Waals surface area contributed by atoms with Crippen molar-refractivity contribution in [3.8, 4) is 0 Å². The molecule has 1 fully saturated rings. The Morgan fingerprint density at radius 1 is 0.957 bits per heavy atom. The van der Waals surface area contributed by atoms with E-state index >= 15 is 0 Å². The summed E-state index contributed by atoms with van der Waals surface area (Å²) in [5.74, 6) is 0.558. The van der Waals surface area contributed by atoms with Crippen molar-refractivity contribution < 1.29 is 9.21 Å². The van der Waals surface area contributed by atoms with Crippen molar-refractivity contribution in [3.05, 3.63) is 47.7 Å². The third-order valence-corrected chi connectivity index (χ3v) is 4.92. The van der Waals surface area contributed by atoms with Crippen LogP contribution >= 0.6 is 0 Å². The molecule has 1 amide bonds. The van der Waals surface area contributed by atoms with Crippen LogP contribution in [0, 0.1) is 6.92 Å². The largest absolute Gasteiger partial charge is 0.450 e. The van der Waals surface area contributed by atoms with E-state index in [1.807, 2.05) is 24.0 Å². The van der Waals surface area contributed by atoms with Crippen LogP contribution in [0.4, 0.5) is 0 Å². The molecule has 1 aliphatic heterocycles. The summed E-state index contributed by atoms with van der Waals surface area (Å²) in [6.45, 7) is 3.68. The van der Waals surface area contributed by atoms with Gasteiger partial charge in [-0.15, -0.1) is 0 Å². The molecule has 1 saturated heterocycles. The molecule has 0 N–H and O–H groups in total. The first kappa shape index (κ1) is 14.3. The second kappa shape index (κ2) is 5.73. The van der Waals surface area contributed by atoms with Crippen LogP contribution in [0.1, 0.15) is 41.8 Å². The number of rotatable bonds is 1. The summed E-state index contributed by atoms with van der Waals surface area (Å²) >= 11 is 0. The van der Waals surface area contributed by atoms with Crippen molar-refractivity contribution in [1.82, 2.24) is 4.90 Å². The lowest BCUT2D eigenvalue weighted by atomic mass is 10.1. The Morgan fingerprint density at radius 2 is 1.70 bits per heavy atom. The number of furan rings is 1. The maximum Gasteiger partial charge on any atom is 0.289 e. The third kappa shape index (κ3) is 2.40. The lowest BCUT2D eigenvalue weighted by molar-refractivity contribution is 0.0731. The predicted octanol–water partition coefficient (Wildman–Crippen LogP) is 4.91. The van der Waals surface area contributed by atoms with Gasteiger partial charge in [-0.3, -0.25) is 4.79 Å². The van der Waals surface area contributed by atoms with Crippen LogP contribution in [0.3, 0.4) is 0 Å². The molecule has 3 heteroatoms. The lowest BCUT2D eigenvalue weighted by Gasteiger charge is -2.19. The van der Waals surface area contributed by atoms with Gasteiger partial charge in [0.05, 0.1) is 0 Å². The topological polar surface area (TPSA) is 33.5 Å². The van der Waals surface area contributed by atoms with Crippen molar-refractivity contribution in [2.75, 3.05) is 13.1 Å². The Kier molecular flexibility index (Phi) is 3.56. The van der Waals surface area contributed by atoms with E-state index < -0.39 is 0 Å². The molecule has 4 rings (SSSR count). The summed E-state index contributed by atoms with van der Waals surface area (Å²) in [6, 6.07) is 12.3. The van der Waals surface area contributed by atoms with Gasteiger partial charge in [-0.2, -0.15) is 0 Å². The molecular formula is C20H21NO2. The van der Waals surface area contributed by atoms with Crippen molar-refractivity contribution in [2.45, 2.75) is 32.6 Å². The molecule has 0 unspecified atom stereocenters. The second-order valence-electron chi connectivity index (χ2n) is 6.43. The molecule has 3 nitrogen and oxygen atoms in total. The summed E-state index contributed by atoms with van der Waals surface area (Å²) in [5, 5.41) is 3.26. The highest BCUT2D eigenvalue weighted by Crippen LogP contribution is 2.32. The van der Waals surface area contributed by atoms with E-state index in [9.17, 15) is 4.79 Å². The molecule has 118 valence electrons. The highest BCUT2D eigenvalue weighted by molar-refractivity contribution is 6.08. The van der Waals surface area contributed by atoms with E-state index in [4.69, 9.17) is 4.42 Å². The van der Waals surface area contributed by atoms with E-state index in [2.05, 4.69) is 24.3 Å². The summed E-state index contributed by atoms with van der Waals surface area (Å²) < 4.78 is 6.08. The number of likely N-dealkylation sites (tertiary alicyclic amines) is 1. The molecule has 0 bridgehead atoms. The van der Waals surface area contributed by atoms with E-state index in [0.29, 0.717) is 5.76 Å². The highest BCUT2D eigenvalue weighted by atomic mass is 16.3. The minimum atomic E-state index is 0.0460. The van der Waals surface area contributed by atoms with E-state index in [0.717, 1.165) is 53.2 Å². The van der Waals surface area contributed by atoms with Crippen LogP contribution in [0.2, 0.25) is 0 Å². The zero-order chi connectivity index (χ0) is 15.8. The molecule has 1 aromatic heterocycles. The Labute approximate surface area is 135 Å². The number of carbonyl (C=O) groups is 1. The number of nitrogens with zero attached hydrogens (tertiary/aromatic N) is 1. The maximum absolute atomic E-state index is 12.9. The maximum atomic E-state index is 12.9. The van der Waals surface area contributed by atoms with Crippen LogP contribution in [0.5, 0.6) is 0 Å². The van der Waals surface area contributed by atoms with E-state index in [1.54, 1.807) is 0 Å². The molecule has 0 atom stereocenters. The molecule has 0 radical (unpaired) electrons. The molecule has 1 aliphatic rings. The van der Waals surface area contributed by atoms with Gasteiger partial charge in [0.2, 0.25) is 0 Å². The number of hydrogen-bond donors (Lipinski definition) is 0. The Hall–Kier alpha value is -2.29. The average Bonchev–Trinajstić information content (AvgIpc) is 2.77. The molecule has 0 saturated carbocycles. The van der Waals surface area contributed by atoms with Crippen molar-refractivity contribution in [3.63, 3.8) is 0 Å². The average molecular weight is 307 g/mol. The predicted molar refractivity (Wildman–Crippen MR) is 92.8 cm³/mol. The normalized spacial score (nSPS) is 16.0. The van der Waals surface area contributed by atoms with Crippen LogP contribution in [0.15, 0.2) is 40.8 Å². The number of benzene rings is 2. The molecule has 2 aromatic carbocycles. The van der Waals surface area contributed by atoms with Gasteiger partial charge in [-0.1, -0.05) is 49.2 Å². The van der Waals surface area contributed by atoms with Gasteiger partial charge < -0.3 is 9.32 Å². The Morgan fingerprint density at radius 3 is 2.48 bits per heavy atom. The number of carbonyl (C=O) groups excluding carboxylic acids is 1.